The Labute approximate surface area is 146 Å². The van der Waals surface area contributed by atoms with Gasteiger partial charge in [-0.25, -0.2) is 0 Å². The van der Waals surface area contributed by atoms with Crippen molar-refractivity contribution in [2.24, 2.45) is 0 Å². The summed E-state index contributed by atoms with van der Waals surface area (Å²) < 4.78 is 15.6. The van der Waals surface area contributed by atoms with Crippen LogP contribution in [0.3, 0.4) is 0 Å². The molecule has 1 aliphatic rings. The molecule has 1 aromatic carbocycles. The summed E-state index contributed by atoms with van der Waals surface area (Å²) in [5.41, 5.74) is 2.22. The monoisotopic (exact) mass is 345 g/mol. The minimum absolute atomic E-state index is 0.0951. The van der Waals surface area contributed by atoms with Crippen LogP contribution < -0.4 is 15.0 Å². The summed E-state index contributed by atoms with van der Waals surface area (Å²) in [6, 6.07) is 9.78. The molecule has 0 aliphatic carbocycles. The lowest BCUT2D eigenvalue weighted by Crippen LogP contribution is -2.36. The zero-order valence-corrected chi connectivity index (χ0v) is 14.5. The van der Waals surface area contributed by atoms with E-state index in [1.54, 1.807) is 13.0 Å². The third-order valence-corrected chi connectivity index (χ3v) is 4.10. The quantitative estimate of drug-likeness (QED) is 0.864. The molecule has 3 rings (SSSR count). The first-order chi connectivity index (χ1) is 12.1. The lowest BCUT2D eigenvalue weighted by atomic mass is 10.1. The van der Waals surface area contributed by atoms with Gasteiger partial charge in [0.2, 0.25) is 0 Å². The molecule has 1 atom stereocenters. The summed E-state index contributed by atoms with van der Waals surface area (Å²) >= 11 is 0. The molecule has 25 heavy (non-hydrogen) atoms. The van der Waals surface area contributed by atoms with Crippen LogP contribution in [-0.2, 0) is 9.53 Å². The number of carbonyl (C=O) groups excluding carboxylic acids is 1. The Morgan fingerprint density at radius 1 is 1.32 bits per heavy atom. The van der Waals surface area contributed by atoms with E-state index in [0.717, 1.165) is 31.9 Å². The fourth-order valence-corrected chi connectivity index (χ4v) is 2.71. The fraction of sp³-hybridized carbons (Fsp3) is 0.444. The van der Waals surface area contributed by atoms with E-state index >= 15 is 0 Å². The molecule has 7 heteroatoms. The van der Waals surface area contributed by atoms with Crippen molar-refractivity contribution in [2.75, 3.05) is 37.8 Å². The number of ether oxygens (including phenoxy) is 2. The number of carbonyl (C=O) groups is 1. The summed E-state index contributed by atoms with van der Waals surface area (Å²) in [6.45, 7) is 6.96. The third-order valence-electron chi connectivity index (χ3n) is 4.10. The van der Waals surface area contributed by atoms with Crippen molar-refractivity contribution >= 4 is 11.6 Å². The van der Waals surface area contributed by atoms with Gasteiger partial charge >= 0.3 is 0 Å². The maximum Gasteiger partial charge on any atom is 0.258 e. The molecule has 7 nitrogen and oxygen atoms in total. The first kappa shape index (κ1) is 17.3. The van der Waals surface area contributed by atoms with Crippen molar-refractivity contribution in [1.82, 2.24) is 10.5 Å². The number of nitrogens with zero attached hydrogens (tertiary/aromatic N) is 2. The molecular formula is C18H23N3O4. The van der Waals surface area contributed by atoms with Crippen LogP contribution in [0.15, 0.2) is 34.9 Å². The molecule has 2 aromatic rings. The average Bonchev–Trinajstić information content (AvgIpc) is 3.06. The Bertz CT molecular complexity index is 693. The van der Waals surface area contributed by atoms with E-state index in [2.05, 4.69) is 27.5 Å². The number of aromatic nitrogens is 1. The Morgan fingerprint density at radius 3 is 2.68 bits per heavy atom. The molecule has 1 fully saturated rings. The molecule has 1 aliphatic heterocycles. The number of benzene rings is 1. The molecule has 0 spiro atoms. The standard InChI is InChI=1S/C18H23N3O4/c1-13-11-18(20-25-13)24-12-17(22)19-14(2)15-3-5-16(6-4-15)21-7-9-23-10-8-21/h3-6,11,14H,7-10,12H2,1-2H3,(H,19,22)/t14-/m0/s1. The number of nitrogens with one attached hydrogen (secondary N) is 1. The molecule has 1 amide bonds. The van der Waals surface area contributed by atoms with Crippen LogP contribution in [0, 0.1) is 6.92 Å². The van der Waals surface area contributed by atoms with Crippen LogP contribution in [0.25, 0.3) is 0 Å². The highest BCUT2D eigenvalue weighted by Gasteiger charge is 2.14. The van der Waals surface area contributed by atoms with Gasteiger partial charge in [-0.2, -0.15) is 0 Å². The maximum absolute atomic E-state index is 12.0. The Balaban J connectivity index is 1.50. The zero-order valence-electron chi connectivity index (χ0n) is 14.5. The minimum Gasteiger partial charge on any atom is -0.465 e. The highest BCUT2D eigenvalue weighted by atomic mass is 16.5. The molecule has 1 saturated heterocycles. The maximum atomic E-state index is 12.0. The van der Waals surface area contributed by atoms with Crippen LogP contribution in [0.4, 0.5) is 5.69 Å². The van der Waals surface area contributed by atoms with Crippen molar-refractivity contribution < 1.29 is 18.8 Å². The number of morpholine rings is 1. The molecule has 0 radical (unpaired) electrons. The molecular weight excluding hydrogens is 322 g/mol. The number of anilines is 1. The van der Waals surface area contributed by atoms with Gasteiger partial charge in [-0.1, -0.05) is 12.1 Å². The molecule has 1 N–H and O–H groups in total. The Hall–Kier alpha value is -2.54. The van der Waals surface area contributed by atoms with Gasteiger partial charge in [0.1, 0.15) is 5.76 Å². The van der Waals surface area contributed by atoms with E-state index in [0.29, 0.717) is 11.6 Å². The van der Waals surface area contributed by atoms with E-state index in [4.69, 9.17) is 14.0 Å². The van der Waals surface area contributed by atoms with Gasteiger partial charge in [0.05, 0.1) is 19.3 Å². The predicted octanol–water partition coefficient (Wildman–Crippen LogP) is 2.08. The molecule has 134 valence electrons. The number of rotatable bonds is 6. The Morgan fingerprint density at radius 2 is 2.04 bits per heavy atom. The molecule has 0 unspecified atom stereocenters. The molecule has 0 saturated carbocycles. The average molecular weight is 345 g/mol. The first-order valence-corrected chi connectivity index (χ1v) is 8.40. The molecule has 0 bridgehead atoms. The summed E-state index contributed by atoms with van der Waals surface area (Å²) in [6.07, 6.45) is 0. The van der Waals surface area contributed by atoms with E-state index < -0.39 is 0 Å². The van der Waals surface area contributed by atoms with Gasteiger partial charge in [-0.15, -0.1) is 0 Å². The fourth-order valence-electron chi connectivity index (χ4n) is 2.71. The van der Waals surface area contributed by atoms with Gasteiger partial charge in [-0.3, -0.25) is 4.79 Å². The van der Waals surface area contributed by atoms with Crippen LogP contribution >= 0.6 is 0 Å². The van der Waals surface area contributed by atoms with Gasteiger partial charge in [0.25, 0.3) is 11.8 Å². The zero-order chi connectivity index (χ0) is 17.6. The Kier molecular flexibility index (Phi) is 5.55. The topological polar surface area (TPSA) is 76.8 Å². The summed E-state index contributed by atoms with van der Waals surface area (Å²) in [4.78, 5) is 14.3. The van der Waals surface area contributed by atoms with Gasteiger partial charge in [-0.05, 0) is 36.7 Å². The van der Waals surface area contributed by atoms with Gasteiger partial charge in [0, 0.05) is 24.8 Å². The summed E-state index contributed by atoms with van der Waals surface area (Å²) in [5.74, 6) is 0.754. The number of hydrogen-bond acceptors (Lipinski definition) is 6. The third kappa shape index (κ3) is 4.73. The summed E-state index contributed by atoms with van der Waals surface area (Å²) in [5, 5.41) is 6.60. The van der Waals surface area contributed by atoms with Crippen LogP contribution in [-0.4, -0.2) is 44.0 Å². The van der Waals surface area contributed by atoms with E-state index in [9.17, 15) is 4.79 Å². The van der Waals surface area contributed by atoms with Gasteiger partial charge in [0.15, 0.2) is 6.61 Å². The second-order valence-corrected chi connectivity index (χ2v) is 6.04. The number of aryl methyl sites for hydroxylation is 1. The summed E-state index contributed by atoms with van der Waals surface area (Å²) in [7, 11) is 0. The number of amides is 1. The first-order valence-electron chi connectivity index (χ1n) is 8.40. The lowest BCUT2D eigenvalue weighted by molar-refractivity contribution is -0.123. The SMILES string of the molecule is Cc1cc(OCC(=O)N[C@@H](C)c2ccc(N3CCOCC3)cc2)no1. The highest BCUT2D eigenvalue weighted by Crippen LogP contribution is 2.20. The van der Waals surface area contributed by atoms with E-state index in [1.807, 2.05) is 19.1 Å². The normalized spacial score (nSPS) is 15.7. The van der Waals surface area contributed by atoms with E-state index in [-0.39, 0.29) is 18.6 Å². The van der Waals surface area contributed by atoms with Crippen molar-refractivity contribution in [1.29, 1.82) is 0 Å². The highest BCUT2D eigenvalue weighted by molar-refractivity contribution is 5.78. The number of hydrogen-bond donors (Lipinski definition) is 1. The van der Waals surface area contributed by atoms with Gasteiger partial charge < -0.3 is 24.2 Å². The van der Waals surface area contributed by atoms with Crippen molar-refractivity contribution in [3.63, 3.8) is 0 Å². The second-order valence-electron chi connectivity index (χ2n) is 6.04. The van der Waals surface area contributed by atoms with Crippen molar-refractivity contribution in [3.8, 4) is 5.88 Å². The van der Waals surface area contributed by atoms with Crippen LogP contribution in [0.2, 0.25) is 0 Å². The molecule has 1 aromatic heterocycles. The van der Waals surface area contributed by atoms with E-state index in [1.165, 1.54) is 5.69 Å². The van der Waals surface area contributed by atoms with Crippen molar-refractivity contribution in [3.05, 3.63) is 41.7 Å². The smallest absolute Gasteiger partial charge is 0.258 e. The van der Waals surface area contributed by atoms with Crippen LogP contribution in [0.5, 0.6) is 5.88 Å². The van der Waals surface area contributed by atoms with Crippen molar-refractivity contribution in [2.45, 2.75) is 19.9 Å². The second kappa shape index (κ2) is 8.02. The minimum atomic E-state index is -0.203. The lowest BCUT2D eigenvalue weighted by Gasteiger charge is -2.29. The largest absolute Gasteiger partial charge is 0.465 e. The van der Waals surface area contributed by atoms with Crippen LogP contribution in [0.1, 0.15) is 24.3 Å². The molecule has 2 heterocycles. The predicted molar refractivity (Wildman–Crippen MR) is 92.8 cm³/mol.